The lowest BCUT2D eigenvalue weighted by Crippen LogP contribution is -2.53. The highest BCUT2D eigenvalue weighted by Crippen LogP contribution is 2.42. The number of carbonyl (C=O) groups is 2. The van der Waals surface area contributed by atoms with Gasteiger partial charge in [0, 0.05) is 48.9 Å². The molecule has 2 atom stereocenters. The van der Waals surface area contributed by atoms with E-state index in [4.69, 9.17) is 9.47 Å². The number of rotatable bonds is 7. The summed E-state index contributed by atoms with van der Waals surface area (Å²) in [5.41, 5.74) is -0.492. The van der Waals surface area contributed by atoms with Crippen LogP contribution in [0.5, 0.6) is 0 Å². The molecule has 0 spiro atoms. The Bertz CT molecular complexity index is 973. The first kappa shape index (κ1) is 23.9. The maximum absolute atomic E-state index is 13.9. The van der Waals surface area contributed by atoms with Gasteiger partial charge in [0.05, 0.1) is 19.3 Å². The van der Waals surface area contributed by atoms with Gasteiger partial charge in [-0.2, -0.15) is 0 Å². The predicted octanol–water partition coefficient (Wildman–Crippen LogP) is 2.26. The highest BCUT2D eigenvalue weighted by atomic mass is 19.1. The molecule has 0 radical (unpaired) electrons. The third kappa shape index (κ3) is 4.40. The van der Waals surface area contributed by atoms with Crippen molar-refractivity contribution >= 4 is 11.7 Å². The number of hydrogen-bond donors (Lipinski definition) is 2. The zero-order valence-electron chi connectivity index (χ0n) is 18.6. The number of amides is 1. The lowest BCUT2D eigenvalue weighted by atomic mass is 9.70. The predicted molar refractivity (Wildman–Crippen MR) is 112 cm³/mol. The van der Waals surface area contributed by atoms with E-state index in [1.807, 2.05) is 20.8 Å². The topological polar surface area (TPSA) is 88.1 Å². The summed E-state index contributed by atoms with van der Waals surface area (Å²) in [7, 11) is 1.32. The largest absolute Gasteiger partial charge is 0.496 e. The minimum absolute atomic E-state index is 0.0152. The summed E-state index contributed by atoms with van der Waals surface area (Å²) >= 11 is 0. The van der Waals surface area contributed by atoms with Gasteiger partial charge in [0.15, 0.2) is 11.5 Å². The third-order valence-electron chi connectivity index (χ3n) is 6.06. The molecule has 7 nitrogen and oxygen atoms in total. The molecule has 32 heavy (non-hydrogen) atoms. The number of methoxy groups -OCH3 is 1. The van der Waals surface area contributed by atoms with Crippen molar-refractivity contribution in [2.75, 3.05) is 26.9 Å². The van der Waals surface area contributed by atoms with Crippen LogP contribution in [-0.4, -0.2) is 54.7 Å². The van der Waals surface area contributed by atoms with Gasteiger partial charge in [-0.05, 0) is 13.0 Å². The number of nitrogens with zero attached hydrogens (tertiary/aromatic N) is 1. The Kier molecular flexibility index (Phi) is 7.00. The highest BCUT2D eigenvalue weighted by molar-refractivity contribution is 6.03. The second-order valence-corrected chi connectivity index (χ2v) is 8.38. The van der Waals surface area contributed by atoms with Crippen LogP contribution in [0.2, 0.25) is 0 Å². The maximum Gasteiger partial charge on any atom is 0.252 e. The Morgan fingerprint density at radius 1 is 1.34 bits per heavy atom. The zero-order chi connectivity index (χ0) is 23.6. The molecule has 0 bridgehead atoms. The van der Waals surface area contributed by atoms with E-state index in [0.717, 1.165) is 12.1 Å². The summed E-state index contributed by atoms with van der Waals surface area (Å²) in [6.07, 6.45) is -0.0437. The molecule has 0 saturated carbocycles. The fourth-order valence-corrected chi connectivity index (χ4v) is 3.91. The fourth-order valence-electron chi connectivity index (χ4n) is 3.91. The summed E-state index contributed by atoms with van der Waals surface area (Å²) in [6, 6.07) is 3.06. The first-order valence-corrected chi connectivity index (χ1v) is 10.4. The number of hydrogen-bond acceptors (Lipinski definition) is 6. The minimum atomic E-state index is -1.47. The van der Waals surface area contributed by atoms with Crippen LogP contribution in [-0.2, 0) is 25.6 Å². The molecule has 2 N–H and O–H groups in total. The van der Waals surface area contributed by atoms with Gasteiger partial charge in [-0.3, -0.25) is 9.59 Å². The van der Waals surface area contributed by atoms with E-state index in [1.165, 1.54) is 19.4 Å². The van der Waals surface area contributed by atoms with Gasteiger partial charge in [-0.15, -0.1) is 0 Å². The first-order chi connectivity index (χ1) is 15.1. The third-order valence-corrected chi connectivity index (χ3v) is 6.06. The van der Waals surface area contributed by atoms with E-state index in [1.54, 1.807) is 4.90 Å². The molecule has 1 amide bonds. The van der Waals surface area contributed by atoms with Crippen LogP contribution in [0.25, 0.3) is 0 Å². The van der Waals surface area contributed by atoms with Gasteiger partial charge in [0.2, 0.25) is 0 Å². The Labute approximate surface area is 185 Å². The summed E-state index contributed by atoms with van der Waals surface area (Å²) < 4.78 is 37.9. The Balaban J connectivity index is 1.86. The van der Waals surface area contributed by atoms with Crippen LogP contribution in [0.15, 0.2) is 41.4 Å². The second-order valence-electron chi connectivity index (χ2n) is 8.38. The minimum Gasteiger partial charge on any atom is -0.496 e. The van der Waals surface area contributed by atoms with Crippen LogP contribution in [0.3, 0.4) is 0 Å². The van der Waals surface area contributed by atoms with E-state index in [9.17, 15) is 23.5 Å². The number of allylic oxidation sites excluding steroid dienone is 1. The molecule has 2 heterocycles. The molecule has 2 aliphatic rings. The molecule has 1 unspecified atom stereocenters. The van der Waals surface area contributed by atoms with Gasteiger partial charge in [-0.1, -0.05) is 19.9 Å². The summed E-state index contributed by atoms with van der Waals surface area (Å²) in [4.78, 5) is 27.7. The van der Waals surface area contributed by atoms with Crippen molar-refractivity contribution in [2.24, 2.45) is 11.3 Å². The Morgan fingerprint density at radius 2 is 2.06 bits per heavy atom. The van der Waals surface area contributed by atoms with Crippen LogP contribution in [0.1, 0.15) is 26.3 Å². The molecule has 174 valence electrons. The number of nitrogens with one attached hydrogen (secondary N) is 1. The summed E-state index contributed by atoms with van der Waals surface area (Å²) in [6.45, 7) is 6.58. The van der Waals surface area contributed by atoms with E-state index in [0.29, 0.717) is 19.8 Å². The van der Waals surface area contributed by atoms with Gasteiger partial charge in [-0.25, -0.2) is 8.78 Å². The highest BCUT2D eigenvalue weighted by Gasteiger charge is 2.49. The van der Waals surface area contributed by atoms with E-state index in [-0.39, 0.29) is 40.8 Å². The van der Waals surface area contributed by atoms with Crippen LogP contribution < -0.4 is 5.32 Å². The number of Topliss-reactive ketones (excluding diaryl/α,β-unsaturated/α-hetero) is 1. The van der Waals surface area contributed by atoms with Crippen molar-refractivity contribution in [1.82, 2.24) is 10.2 Å². The number of halogens is 2. The number of carbonyl (C=O) groups excluding carboxylic acids is 2. The van der Waals surface area contributed by atoms with E-state index in [2.05, 4.69) is 5.32 Å². The van der Waals surface area contributed by atoms with Crippen molar-refractivity contribution in [3.63, 3.8) is 0 Å². The summed E-state index contributed by atoms with van der Waals surface area (Å²) in [5, 5.41) is 13.3. The molecule has 0 aromatic heterocycles. The number of aliphatic hydroxyl groups excluding tert-OH is 1. The molecule has 1 aromatic carbocycles. The molecule has 1 saturated heterocycles. The molecule has 1 fully saturated rings. The average Bonchev–Trinajstić information content (AvgIpc) is 2.74. The first-order valence-electron chi connectivity index (χ1n) is 10.4. The monoisotopic (exact) mass is 450 g/mol. The lowest BCUT2D eigenvalue weighted by Gasteiger charge is -2.45. The molecule has 3 rings (SSSR count). The second kappa shape index (κ2) is 9.38. The molecule has 0 aliphatic carbocycles. The number of piperidine rings is 1. The van der Waals surface area contributed by atoms with Crippen molar-refractivity contribution in [1.29, 1.82) is 0 Å². The number of ketones is 1. The number of ether oxygens (including phenoxy) is 2. The van der Waals surface area contributed by atoms with Crippen molar-refractivity contribution in [3.8, 4) is 0 Å². The number of aliphatic hydroxyl groups is 1. The van der Waals surface area contributed by atoms with Crippen molar-refractivity contribution < 1.29 is 33.0 Å². The average molecular weight is 450 g/mol. The van der Waals surface area contributed by atoms with Gasteiger partial charge < -0.3 is 24.8 Å². The smallest absolute Gasteiger partial charge is 0.252 e. The lowest BCUT2D eigenvalue weighted by molar-refractivity contribution is -0.134. The normalized spacial score (nSPS) is 22.4. The van der Waals surface area contributed by atoms with Crippen molar-refractivity contribution in [3.05, 3.63) is 58.6 Å². The molecular weight excluding hydrogens is 422 g/mol. The molecule has 1 aromatic rings. The van der Waals surface area contributed by atoms with Crippen LogP contribution in [0.4, 0.5) is 8.78 Å². The molecular formula is C23H28F2N2O5. The van der Waals surface area contributed by atoms with Crippen LogP contribution in [0, 0.1) is 23.0 Å². The Morgan fingerprint density at radius 3 is 2.69 bits per heavy atom. The quantitative estimate of drug-likeness (QED) is 0.663. The van der Waals surface area contributed by atoms with E-state index < -0.39 is 29.1 Å². The van der Waals surface area contributed by atoms with Crippen LogP contribution >= 0.6 is 0 Å². The summed E-state index contributed by atoms with van der Waals surface area (Å²) in [5.74, 6) is -2.54. The molecule has 2 aliphatic heterocycles. The number of benzene rings is 1. The fraction of sp³-hybridized carbons (Fsp3) is 0.478. The standard InChI is InChI=1S/C23H28F2N2O5/c1-5-32-12-14-10-27-11-16(19(28)20(31-4)18(27)21(29)23(14,2)3)22(30)26-9-13-6-7-15(24)8-17(13)25/h6-8,11,14,19,28H,5,9-10,12H2,1-4H3,(H,26,30)/t14-,19?/m1/s1. The van der Waals surface area contributed by atoms with Gasteiger partial charge in [0.1, 0.15) is 23.4 Å². The van der Waals surface area contributed by atoms with Gasteiger partial charge in [0.25, 0.3) is 5.91 Å². The maximum atomic E-state index is 13.9. The van der Waals surface area contributed by atoms with Crippen molar-refractivity contribution in [2.45, 2.75) is 33.4 Å². The Hall–Kier alpha value is -2.78. The molecule has 9 heteroatoms. The zero-order valence-corrected chi connectivity index (χ0v) is 18.6. The van der Waals surface area contributed by atoms with Gasteiger partial charge >= 0.3 is 0 Å². The van der Waals surface area contributed by atoms with E-state index >= 15 is 0 Å². The SMILES string of the molecule is CCOC[C@H]1CN2C=C(C(=O)NCc3ccc(F)cc3F)C(O)C(OC)=C2C(=O)C1(C)C. The number of fused-ring (bicyclic) bond motifs is 1.